The van der Waals surface area contributed by atoms with Crippen LogP contribution in [0.1, 0.15) is 61.9 Å². The number of pyridine rings is 1. The van der Waals surface area contributed by atoms with Gasteiger partial charge in [-0.05, 0) is 92.1 Å². The van der Waals surface area contributed by atoms with Gasteiger partial charge in [-0.2, -0.15) is 0 Å². The van der Waals surface area contributed by atoms with Crippen LogP contribution in [0.5, 0.6) is 5.75 Å². The number of nitrogens with zero attached hydrogens (tertiary/aromatic N) is 2. The average Bonchev–Trinajstić information content (AvgIpc) is 3.06. The van der Waals surface area contributed by atoms with E-state index in [9.17, 15) is 32.3 Å². The summed E-state index contributed by atoms with van der Waals surface area (Å²) in [6.45, 7) is 8.79. The van der Waals surface area contributed by atoms with Crippen molar-refractivity contribution in [2.24, 2.45) is 0 Å². The highest BCUT2D eigenvalue weighted by Gasteiger charge is 2.33. The van der Waals surface area contributed by atoms with E-state index in [1.807, 2.05) is 26.0 Å². The summed E-state index contributed by atoms with van der Waals surface area (Å²) in [6, 6.07) is 14.8. The van der Waals surface area contributed by atoms with E-state index in [0.29, 0.717) is 16.6 Å². The van der Waals surface area contributed by atoms with Gasteiger partial charge in [-0.15, -0.1) is 13.2 Å². The molecule has 0 radical (unpaired) electrons. The number of aromatic nitrogens is 1. The van der Waals surface area contributed by atoms with Crippen molar-refractivity contribution in [3.05, 3.63) is 99.5 Å². The molecule has 2 atom stereocenters. The Morgan fingerprint density at radius 2 is 1.62 bits per heavy atom. The van der Waals surface area contributed by atoms with E-state index >= 15 is 0 Å². The van der Waals surface area contributed by atoms with Crippen molar-refractivity contribution in [3.8, 4) is 5.75 Å². The molecular formula is C38H44F3N5O7. The quantitative estimate of drug-likeness (QED) is 0.133. The van der Waals surface area contributed by atoms with Crippen LogP contribution in [0.4, 0.5) is 34.1 Å². The molecule has 0 aliphatic rings. The van der Waals surface area contributed by atoms with Crippen LogP contribution in [-0.4, -0.2) is 72.6 Å². The number of methoxy groups -OCH3 is 1. The maximum Gasteiger partial charge on any atom is 0.573 e. The van der Waals surface area contributed by atoms with Crippen molar-refractivity contribution in [1.82, 2.24) is 14.8 Å². The van der Waals surface area contributed by atoms with Gasteiger partial charge in [0.2, 0.25) is 0 Å². The molecule has 1 unspecified atom stereocenters. The number of hydrogen-bond donors (Lipinski definition) is 3. The Labute approximate surface area is 305 Å². The molecule has 0 fully saturated rings. The summed E-state index contributed by atoms with van der Waals surface area (Å²) >= 11 is 0. The Hall–Kier alpha value is -5.73. The van der Waals surface area contributed by atoms with Crippen LogP contribution in [0.15, 0.2) is 71.7 Å². The Bertz CT molecular complexity index is 2030. The van der Waals surface area contributed by atoms with Gasteiger partial charge in [0.15, 0.2) is 6.04 Å². The lowest BCUT2D eigenvalue weighted by atomic mass is 9.92. The molecule has 15 heteroatoms. The lowest BCUT2D eigenvalue weighted by Gasteiger charge is -2.26. The predicted octanol–water partition coefficient (Wildman–Crippen LogP) is 7.70. The maximum atomic E-state index is 13.2. The second-order valence-corrected chi connectivity index (χ2v) is 13.7. The van der Waals surface area contributed by atoms with E-state index < -0.39 is 41.8 Å². The number of rotatable bonds is 11. The molecule has 0 aliphatic heterocycles. The molecule has 4 aromatic rings. The standard InChI is InChI=1S/C38H44F3N5O7/c1-22-17-25(32(34(48)51-8)43-28-11-9-24-15-16-42-33(47)30(24)19-28)10-13-29(22)23(2)20-45(6)35(49)44-27-12-14-31(52-38(39,40)41)26(18-27)21-46(7)36(50)53-37(3,4)5/h9-19,23,32,43H,20-21H2,1-8H3,(H,42,47)(H,44,49)/t23-,32?/m0/s1. The number of halogens is 3. The van der Waals surface area contributed by atoms with Gasteiger partial charge >= 0.3 is 24.5 Å². The highest BCUT2D eigenvalue weighted by molar-refractivity contribution is 5.89. The van der Waals surface area contributed by atoms with Crippen molar-refractivity contribution in [1.29, 1.82) is 0 Å². The largest absolute Gasteiger partial charge is 0.573 e. The van der Waals surface area contributed by atoms with E-state index in [1.165, 1.54) is 31.2 Å². The summed E-state index contributed by atoms with van der Waals surface area (Å²) in [5, 5.41) is 7.10. The van der Waals surface area contributed by atoms with Crippen molar-refractivity contribution in [2.45, 2.75) is 65.1 Å². The number of aromatic amines is 1. The van der Waals surface area contributed by atoms with Gasteiger partial charge in [-0.3, -0.25) is 4.79 Å². The average molecular weight is 740 g/mol. The van der Waals surface area contributed by atoms with Gasteiger partial charge in [0.25, 0.3) is 5.56 Å². The Morgan fingerprint density at radius 3 is 2.26 bits per heavy atom. The van der Waals surface area contributed by atoms with E-state index in [4.69, 9.17) is 9.47 Å². The molecule has 284 valence electrons. The number of carbonyl (C=O) groups excluding carboxylic acids is 3. The third-order valence-electron chi connectivity index (χ3n) is 8.23. The van der Waals surface area contributed by atoms with Gasteiger partial charge in [-0.25, -0.2) is 14.4 Å². The number of benzene rings is 3. The van der Waals surface area contributed by atoms with Gasteiger partial charge in [0.05, 0.1) is 13.7 Å². The minimum absolute atomic E-state index is 0.00533. The molecule has 3 aromatic carbocycles. The minimum Gasteiger partial charge on any atom is -0.467 e. The SMILES string of the molecule is COC(=O)C(Nc1ccc2cc[nH]c(=O)c2c1)c1ccc([C@@H](C)CN(C)C(=O)Nc2ccc(OC(F)(F)F)c(CN(C)C(=O)OC(C)(C)C)c2)c(C)c1. The summed E-state index contributed by atoms with van der Waals surface area (Å²) in [7, 11) is 4.25. The molecule has 4 rings (SSSR count). The predicted molar refractivity (Wildman–Crippen MR) is 195 cm³/mol. The molecule has 53 heavy (non-hydrogen) atoms. The van der Waals surface area contributed by atoms with Crippen LogP contribution in [0, 0.1) is 6.92 Å². The molecule has 0 spiro atoms. The number of H-pyrrole nitrogens is 1. The van der Waals surface area contributed by atoms with Crippen LogP contribution in [0.2, 0.25) is 0 Å². The van der Waals surface area contributed by atoms with Crippen LogP contribution < -0.4 is 20.9 Å². The van der Waals surface area contributed by atoms with Gasteiger partial charge in [0.1, 0.15) is 11.4 Å². The first-order chi connectivity index (χ1) is 24.7. The molecule has 0 bridgehead atoms. The molecule has 1 heterocycles. The fourth-order valence-corrected chi connectivity index (χ4v) is 5.74. The topological polar surface area (TPSA) is 142 Å². The fraction of sp³-hybridized carbons (Fsp3) is 0.368. The normalized spacial score (nSPS) is 12.7. The third-order valence-corrected chi connectivity index (χ3v) is 8.23. The van der Waals surface area contributed by atoms with Crippen LogP contribution >= 0.6 is 0 Å². The third kappa shape index (κ3) is 10.9. The van der Waals surface area contributed by atoms with E-state index in [0.717, 1.165) is 27.5 Å². The van der Waals surface area contributed by atoms with E-state index in [-0.39, 0.29) is 35.8 Å². The number of hydrogen-bond acceptors (Lipinski definition) is 8. The van der Waals surface area contributed by atoms with Crippen LogP contribution in [0.3, 0.4) is 0 Å². The number of nitrogens with one attached hydrogen (secondary N) is 3. The fourth-order valence-electron chi connectivity index (χ4n) is 5.74. The molecule has 1 aromatic heterocycles. The van der Waals surface area contributed by atoms with Crippen LogP contribution in [0.25, 0.3) is 10.8 Å². The number of urea groups is 1. The Balaban J connectivity index is 1.47. The number of carbonyl (C=O) groups is 3. The number of esters is 1. The zero-order chi connectivity index (χ0) is 39.2. The number of alkyl halides is 3. The lowest BCUT2D eigenvalue weighted by Crippen LogP contribution is -2.35. The van der Waals surface area contributed by atoms with E-state index in [2.05, 4.69) is 20.4 Å². The first kappa shape index (κ1) is 40.0. The first-order valence-electron chi connectivity index (χ1n) is 16.7. The monoisotopic (exact) mass is 739 g/mol. The number of aryl methyl sites for hydroxylation is 1. The van der Waals surface area contributed by atoms with Gasteiger partial charge in [-0.1, -0.05) is 31.2 Å². The molecular weight excluding hydrogens is 695 g/mol. The van der Waals surface area contributed by atoms with Crippen molar-refractivity contribution in [3.63, 3.8) is 0 Å². The number of likely N-dealkylation sites (N-methyl/N-ethyl adjacent to an activating group) is 1. The smallest absolute Gasteiger partial charge is 0.467 e. The summed E-state index contributed by atoms with van der Waals surface area (Å²) in [4.78, 5) is 56.2. The summed E-state index contributed by atoms with van der Waals surface area (Å²) in [5.74, 6) is -1.22. The molecule has 0 saturated carbocycles. The summed E-state index contributed by atoms with van der Waals surface area (Å²) in [5.41, 5.74) is 2.06. The van der Waals surface area contributed by atoms with Crippen LogP contribution in [-0.2, 0) is 20.8 Å². The van der Waals surface area contributed by atoms with Gasteiger partial charge < -0.3 is 39.6 Å². The number of fused-ring (bicyclic) bond motifs is 1. The number of ether oxygens (including phenoxy) is 3. The zero-order valence-corrected chi connectivity index (χ0v) is 30.8. The molecule has 0 saturated heterocycles. The highest BCUT2D eigenvalue weighted by Crippen LogP contribution is 2.31. The summed E-state index contributed by atoms with van der Waals surface area (Å²) in [6.07, 6.45) is -4.16. The highest BCUT2D eigenvalue weighted by atomic mass is 19.4. The second kappa shape index (κ2) is 16.3. The second-order valence-electron chi connectivity index (χ2n) is 13.7. The van der Waals surface area contributed by atoms with Gasteiger partial charge in [0, 0.05) is 49.2 Å². The van der Waals surface area contributed by atoms with E-state index in [1.54, 1.807) is 64.3 Å². The lowest BCUT2D eigenvalue weighted by molar-refractivity contribution is -0.275. The Morgan fingerprint density at radius 1 is 0.925 bits per heavy atom. The zero-order valence-electron chi connectivity index (χ0n) is 30.8. The molecule has 3 N–H and O–H groups in total. The number of anilines is 2. The maximum absolute atomic E-state index is 13.2. The van der Waals surface area contributed by atoms with Crippen molar-refractivity contribution >= 4 is 40.2 Å². The summed E-state index contributed by atoms with van der Waals surface area (Å²) < 4.78 is 54.1. The van der Waals surface area contributed by atoms with Crippen molar-refractivity contribution < 1.29 is 41.8 Å². The first-order valence-corrected chi connectivity index (χ1v) is 16.7. The molecule has 12 nitrogen and oxygen atoms in total. The Kier molecular flexibility index (Phi) is 12.3. The molecule has 3 amide bonds. The van der Waals surface area contributed by atoms with Crippen molar-refractivity contribution in [2.75, 3.05) is 38.4 Å². The minimum atomic E-state index is -4.98. The molecule has 0 aliphatic carbocycles. The number of amides is 3.